The van der Waals surface area contributed by atoms with Crippen molar-refractivity contribution in [3.8, 4) is 0 Å². The standard InChI is InChI=1S/C14H24N2OS/c1-11(6-7-17)8-15-9-13-10-16-14(18-13)12-4-2-3-5-12/h10-12,15,17H,2-9H2,1H3. The van der Waals surface area contributed by atoms with E-state index < -0.39 is 0 Å². The number of aromatic nitrogens is 1. The molecule has 1 aromatic rings. The molecule has 1 aliphatic carbocycles. The van der Waals surface area contributed by atoms with Gasteiger partial charge in [0.2, 0.25) is 0 Å². The minimum atomic E-state index is 0.287. The summed E-state index contributed by atoms with van der Waals surface area (Å²) >= 11 is 1.87. The molecule has 3 nitrogen and oxygen atoms in total. The first-order chi connectivity index (χ1) is 8.79. The molecule has 0 spiro atoms. The molecule has 1 fully saturated rings. The largest absolute Gasteiger partial charge is 0.396 e. The molecule has 1 saturated carbocycles. The van der Waals surface area contributed by atoms with Crippen LogP contribution in [0.15, 0.2) is 6.20 Å². The summed E-state index contributed by atoms with van der Waals surface area (Å²) in [7, 11) is 0. The lowest BCUT2D eigenvalue weighted by Crippen LogP contribution is -2.20. The maximum atomic E-state index is 8.84. The van der Waals surface area contributed by atoms with Crippen LogP contribution < -0.4 is 5.32 Å². The third-order valence-electron chi connectivity index (χ3n) is 3.69. The Hall–Kier alpha value is -0.450. The molecule has 18 heavy (non-hydrogen) atoms. The van der Waals surface area contributed by atoms with Gasteiger partial charge in [0.05, 0.1) is 5.01 Å². The fourth-order valence-corrected chi connectivity index (χ4v) is 3.59. The van der Waals surface area contributed by atoms with E-state index in [4.69, 9.17) is 5.11 Å². The predicted molar refractivity (Wildman–Crippen MR) is 75.9 cm³/mol. The Morgan fingerprint density at radius 3 is 3.00 bits per heavy atom. The van der Waals surface area contributed by atoms with Crippen molar-refractivity contribution in [1.29, 1.82) is 0 Å². The lowest BCUT2D eigenvalue weighted by Gasteiger charge is -2.09. The van der Waals surface area contributed by atoms with E-state index in [1.807, 2.05) is 17.5 Å². The highest BCUT2D eigenvalue weighted by molar-refractivity contribution is 7.11. The number of nitrogens with zero attached hydrogens (tertiary/aromatic N) is 1. The summed E-state index contributed by atoms with van der Waals surface area (Å²) in [5.41, 5.74) is 0. The minimum Gasteiger partial charge on any atom is -0.396 e. The molecule has 0 bridgehead atoms. The third-order valence-corrected chi connectivity index (χ3v) is 4.85. The van der Waals surface area contributed by atoms with E-state index >= 15 is 0 Å². The van der Waals surface area contributed by atoms with Crippen LogP contribution >= 0.6 is 11.3 Å². The van der Waals surface area contributed by atoms with Gasteiger partial charge in [-0.25, -0.2) is 4.98 Å². The highest BCUT2D eigenvalue weighted by atomic mass is 32.1. The van der Waals surface area contributed by atoms with Gasteiger partial charge in [-0.05, 0) is 31.7 Å². The molecule has 0 radical (unpaired) electrons. The van der Waals surface area contributed by atoms with Gasteiger partial charge in [-0.2, -0.15) is 0 Å². The quantitative estimate of drug-likeness (QED) is 0.799. The van der Waals surface area contributed by atoms with Gasteiger partial charge in [-0.3, -0.25) is 0 Å². The first-order valence-corrected chi connectivity index (χ1v) is 7.87. The molecule has 102 valence electrons. The lowest BCUT2D eigenvalue weighted by atomic mass is 10.1. The molecule has 0 aliphatic heterocycles. The number of nitrogens with one attached hydrogen (secondary N) is 1. The van der Waals surface area contributed by atoms with E-state index in [1.165, 1.54) is 35.6 Å². The summed E-state index contributed by atoms with van der Waals surface area (Å²) in [5.74, 6) is 1.27. The summed E-state index contributed by atoms with van der Waals surface area (Å²) in [4.78, 5) is 5.91. The van der Waals surface area contributed by atoms with Crippen molar-refractivity contribution in [2.75, 3.05) is 13.2 Å². The maximum absolute atomic E-state index is 8.84. The normalized spacial score (nSPS) is 18.3. The highest BCUT2D eigenvalue weighted by Crippen LogP contribution is 2.35. The summed E-state index contributed by atoms with van der Waals surface area (Å²) in [5, 5.41) is 13.6. The van der Waals surface area contributed by atoms with Gasteiger partial charge >= 0.3 is 0 Å². The summed E-state index contributed by atoms with van der Waals surface area (Å²) in [6.45, 7) is 4.34. The monoisotopic (exact) mass is 268 g/mol. The smallest absolute Gasteiger partial charge is 0.0959 e. The number of aliphatic hydroxyl groups excluding tert-OH is 1. The van der Waals surface area contributed by atoms with Crippen LogP contribution in [0.5, 0.6) is 0 Å². The Morgan fingerprint density at radius 1 is 1.50 bits per heavy atom. The highest BCUT2D eigenvalue weighted by Gasteiger charge is 2.19. The Labute approximate surface area is 114 Å². The zero-order valence-corrected chi connectivity index (χ0v) is 12.0. The molecule has 4 heteroatoms. The van der Waals surface area contributed by atoms with Gasteiger partial charge in [0.25, 0.3) is 0 Å². The number of rotatable bonds is 7. The van der Waals surface area contributed by atoms with Crippen molar-refractivity contribution >= 4 is 11.3 Å². The van der Waals surface area contributed by atoms with Crippen LogP contribution in [0.3, 0.4) is 0 Å². The Kier molecular flexibility index (Phi) is 5.60. The predicted octanol–water partition coefficient (Wildman–Crippen LogP) is 2.91. The molecule has 1 aromatic heterocycles. The molecule has 2 N–H and O–H groups in total. The lowest BCUT2D eigenvalue weighted by molar-refractivity contribution is 0.260. The Bertz CT molecular complexity index is 347. The van der Waals surface area contributed by atoms with Crippen molar-refractivity contribution in [3.63, 3.8) is 0 Å². The van der Waals surface area contributed by atoms with Gasteiger partial charge < -0.3 is 10.4 Å². The van der Waals surface area contributed by atoms with Crippen LogP contribution in [0.25, 0.3) is 0 Å². The van der Waals surface area contributed by atoms with Gasteiger partial charge in [0, 0.05) is 30.1 Å². The minimum absolute atomic E-state index is 0.287. The summed E-state index contributed by atoms with van der Waals surface area (Å²) in [6, 6.07) is 0. The maximum Gasteiger partial charge on any atom is 0.0959 e. The van der Waals surface area contributed by atoms with Gasteiger partial charge in [-0.1, -0.05) is 19.8 Å². The Balaban J connectivity index is 1.73. The van der Waals surface area contributed by atoms with E-state index in [2.05, 4.69) is 17.2 Å². The molecule has 1 aliphatic rings. The number of thiazole rings is 1. The molecule has 0 saturated heterocycles. The van der Waals surface area contributed by atoms with Crippen LogP contribution in [-0.4, -0.2) is 23.2 Å². The van der Waals surface area contributed by atoms with E-state index in [0.29, 0.717) is 5.92 Å². The van der Waals surface area contributed by atoms with E-state index in [-0.39, 0.29) is 6.61 Å². The zero-order valence-electron chi connectivity index (χ0n) is 11.2. The van der Waals surface area contributed by atoms with Crippen LogP contribution in [0, 0.1) is 5.92 Å². The van der Waals surface area contributed by atoms with Crippen molar-refractivity contribution in [2.24, 2.45) is 5.92 Å². The molecule has 1 atom stereocenters. The number of hydrogen-bond donors (Lipinski definition) is 2. The topological polar surface area (TPSA) is 45.1 Å². The fourth-order valence-electron chi connectivity index (χ4n) is 2.53. The average Bonchev–Trinajstić information content (AvgIpc) is 2.99. The molecule has 2 rings (SSSR count). The van der Waals surface area contributed by atoms with E-state index in [9.17, 15) is 0 Å². The number of hydrogen-bond acceptors (Lipinski definition) is 4. The number of aliphatic hydroxyl groups is 1. The SMILES string of the molecule is CC(CCO)CNCc1cnc(C2CCCC2)s1. The van der Waals surface area contributed by atoms with Crippen LogP contribution in [0.2, 0.25) is 0 Å². The second-order valence-corrected chi connectivity index (χ2v) is 6.54. The molecular weight excluding hydrogens is 244 g/mol. The molecule has 0 amide bonds. The van der Waals surface area contributed by atoms with Crippen molar-refractivity contribution in [2.45, 2.75) is 51.5 Å². The second-order valence-electron chi connectivity index (χ2n) is 5.39. The first-order valence-electron chi connectivity index (χ1n) is 7.05. The van der Waals surface area contributed by atoms with Crippen LogP contribution in [0.1, 0.15) is 54.8 Å². The van der Waals surface area contributed by atoms with Crippen molar-refractivity contribution in [3.05, 3.63) is 16.1 Å². The van der Waals surface area contributed by atoms with Gasteiger partial charge in [0.15, 0.2) is 0 Å². The molecule has 1 heterocycles. The summed E-state index contributed by atoms with van der Waals surface area (Å²) < 4.78 is 0. The van der Waals surface area contributed by atoms with E-state index in [1.54, 1.807) is 0 Å². The molecular formula is C14H24N2OS. The summed E-state index contributed by atoms with van der Waals surface area (Å²) in [6.07, 6.45) is 8.31. The zero-order chi connectivity index (χ0) is 12.8. The van der Waals surface area contributed by atoms with E-state index in [0.717, 1.165) is 25.4 Å². The van der Waals surface area contributed by atoms with Gasteiger partial charge in [-0.15, -0.1) is 11.3 Å². The average molecular weight is 268 g/mol. The Morgan fingerprint density at radius 2 is 2.28 bits per heavy atom. The molecule has 1 unspecified atom stereocenters. The first kappa shape index (κ1) is 14.0. The van der Waals surface area contributed by atoms with Crippen LogP contribution in [0.4, 0.5) is 0 Å². The van der Waals surface area contributed by atoms with Crippen LogP contribution in [-0.2, 0) is 6.54 Å². The fraction of sp³-hybridized carbons (Fsp3) is 0.786. The second kappa shape index (κ2) is 7.22. The third kappa shape index (κ3) is 4.04. The van der Waals surface area contributed by atoms with Gasteiger partial charge in [0.1, 0.15) is 0 Å². The van der Waals surface area contributed by atoms with Crippen molar-refractivity contribution in [1.82, 2.24) is 10.3 Å². The van der Waals surface area contributed by atoms with Crippen molar-refractivity contribution < 1.29 is 5.11 Å². The molecule has 0 aromatic carbocycles.